The molecule has 0 radical (unpaired) electrons. The molecule has 0 aliphatic heterocycles. The van der Waals surface area contributed by atoms with Gasteiger partial charge < -0.3 is 14.9 Å². The fourth-order valence-electron chi connectivity index (χ4n) is 0.868. The molecule has 1 rings (SSSR count). The Morgan fingerprint density at radius 1 is 1.36 bits per heavy atom. The second-order valence-corrected chi connectivity index (χ2v) is 2.40. The number of alkyl halides is 3. The zero-order valence-electron chi connectivity index (χ0n) is 6.51. The van der Waals surface area contributed by atoms with Crippen LogP contribution in [0.3, 0.4) is 0 Å². The first-order valence-electron chi connectivity index (χ1n) is 3.34. The van der Waals surface area contributed by atoms with E-state index in [1.165, 1.54) is 4.98 Å². The Balaban J connectivity index is 3.45. The predicted octanol–water partition coefficient (Wildman–Crippen LogP) is -0.243. The Bertz CT molecular complexity index is 421. The topological polar surface area (TPSA) is 73.0 Å². The Morgan fingerprint density at radius 2 is 1.93 bits per heavy atom. The molecule has 4 nitrogen and oxygen atoms in total. The van der Waals surface area contributed by atoms with Crippen molar-refractivity contribution in [1.82, 2.24) is 4.98 Å². The van der Waals surface area contributed by atoms with Crippen molar-refractivity contribution in [2.45, 2.75) is 6.18 Å². The van der Waals surface area contributed by atoms with E-state index >= 15 is 0 Å². The predicted molar refractivity (Wildman–Crippen MR) is 36.4 cm³/mol. The molecule has 0 atom stereocenters. The van der Waals surface area contributed by atoms with E-state index in [2.05, 4.69) is 0 Å². The van der Waals surface area contributed by atoms with E-state index in [0.29, 0.717) is 12.1 Å². The minimum absolute atomic E-state index is 0.553. The molecule has 0 spiro atoms. The number of aromatic carboxylic acids is 1. The Morgan fingerprint density at radius 3 is 2.36 bits per heavy atom. The SMILES string of the molecule is O=C([O-])c1ccc(=O)[nH]c1C(F)(F)F. The van der Waals surface area contributed by atoms with Crippen LogP contribution in [-0.4, -0.2) is 11.0 Å². The van der Waals surface area contributed by atoms with Crippen LogP contribution < -0.4 is 10.7 Å². The number of hydrogen-bond acceptors (Lipinski definition) is 3. The van der Waals surface area contributed by atoms with Gasteiger partial charge in [0.1, 0.15) is 5.69 Å². The Kier molecular flexibility index (Phi) is 2.33. The van der Waals surface area contributed by atoms with Crippen LogP contribution >= 0.6 is 0 Å². The third-order valence-electron chi connectivity index (χ3n) is 1.42. The van der Waals surface area contributed by atoms with E-state index in [1.807, 2.05) is 0 Å². The first-order valence-corrected chi connectivity index (χ1v) is 3.34. The standard InChI is InChI=1S/C7H4F3NO3/c8-7(9,10)5-3(6(13)14)1-2-4(12)11-5/h1-2H,(H,11,12)(H,13,14)/p-1. The third-order valence-corrected chi connectivity index (χ3v) is 1.42. The van der Waals surface area contributed by atoms with Gasteiger partial charge in [-0.2, -0.15) is 13.2 Å². The van der Waals surface area contributed by atoms with Crippen molar-refractivity contribution >= 4 is 5.97 Å². The first-order chi connectivity index (χ1) is 6.32. The van der Waals surface area contributed by atoms with E-state index < -0.39 is 29.0 Å². The number of rotatable bonds is 1. The molecule has 1 aromatic rings. The minimum Gasteiger partial charge on any atom is -0.545 e. The summed E-state index contributed by atoms with van der Waals surface area (Å²) in [6, 6.07) is 1.23. The molecule has 0 bridgehead atoms. The van der Waals surface area contributed by atoms with E-state index in [4.69, 9.17) is 0 Å². The van der Waals surface area contributed by atoms with Crippen LogP contribution in [0.5, 0.6) is 0 Å². The number of carboxylic acid groups (broad SMARTS) is 1. The van der Waals surface area contributed by atoms with E-state index in [9.17, 15) is 27.9 Å². The highest BCUT2D eigenvalue weighted by Crippen LogP contribution is 2.28. The van der Waals surface area contributed by atoms with E-state index in [0.717, 1.165) is 0 Å². The summed E-state index contributed by atoms with van der Waals surface area (Å²) < 4.78 is 36.4. The number of aromatic nitrogens is 1. The average molecular weight is 206 g/mol. The molecule has 1 heterocycles. The Hall–Kier alpha value is -1.79. The lowest BCUT2D eigenvalue weighted by molar-refractivity contribution is -0.255. The summed E-state index contributed by atoms with van der Waals surface area (Å²) in [7, 11) is 0. The van der Waals surface area contributed by atoms with Crippen molar-refractivity contribution in [1.29, 1.82) is 0 Å². The zero-order valence-corrected chi connectivity index (χ0v) is 6.51. The number of H-pyrrole nitrogens is 1. The zero-order chi connectivity index (χ0) is 10.9. The fourth-order valence-corrected chi connectivity index (χ4v) is 0.868. The number of halogens is 3. The van der Waals surface area contributed by atoms with Gasteiger partial charge >= 0.3 is 6.18 Å². The lowest BCUT2D eigenvalue weighted by Crippen LogP contribution is -2.29. The van der Waals surface area contributed by atoms with Gasteiger partial charge in [-0.3, -0.25) is 4.79 Å². The largest absolute Gasteiger partial charge is 0.545 e. The van der Waals surface area contributed by atoms with Crippen LogP contribution in [0, 0.1) is 0 Å². The van der Waals surface area contributed by atoms with Gasteiger partial charge in [-0.25, -0.2) is 0 Å². The monoisotopic (exact) mass is 206 g/mol. The third kappa shape index (κ3) is 1.93. The molecule has 7 heteroatoms. The van der Waals surface area contributed by atoms with Gasteiger partial charge in [0.2, 0.25) is 5.56 Å². The lowest BCUT2D eigenvalue weighted by atomic mass is 10.2. The number of carbonyl (C=O) groups excluding carboxylic acids is 1. The van der Waals surface area contributed by atoms with Gasteiger partial charge in [-0.15, -0.1) is 0 Å². The number of hydrogen-bond donors (Lipinski definition) is 1. The summed E-state index contributed by atoms with van der Waals surface area (Å²) in [6.45, 7) is 0. The van der Waals surface area contributed by atoms with Crippen molar-refractivity contribution < 1.29 is 23.1 Å². The summed E-state index contributed by atoms with van der Waals surface area (Å²) in [6.07, 6.45) is -4.92. The summed E-state index contributed by atoms with van der Waals surface area (Å²) >= 11 is 0. The Labute approximate surface area is 75.0 Å². The smallest absolute Gasteiger partial charge is 0.431 e. The van der Waals surface area contributed by atoms with Crippen LogP contribution in [0.1, 0.15) is 16.1 Å². The van der Waals surface area contributed by atoms with Crippen molar-refractivity contribution in [2.75, 3.05) is 0 Å². The summed E-state index contributed by atoms with van der Waals surface area (Å²) in [5.41, 5.74) is -3.72. The molecule has 76 valence electrons. The highest BCUT2D eigenvalue weighted by Gasteiger charge is 2.34. The molecule has 0 unspecified atom stereocenters. The first kappa shape index (κ1) is 10.3. The van der Waals surface area contributed by atoms with Crippen molar-refractivity contribution in [3.05, 3.63) is 33.7 Å². The maximum absolute atomic E-state index is 12.1. The van der Waals surface area contributed by atoms with Crippen LogP contribution in [0.2, 0.25) is 0 Å². The fraction of sp³-hybridized carbons (Fsp3) is 0.143. The van der Waals surface area contributed by atoms with Crippen molar-refractivity contribution in [3.63, 3.8) is 0 Å². The molecule has 0 aromatic carbocycles. The molecule has 0 saturated carbocycles. The number of carboxylic acids is 1. The summed E-state index contributed by atoms with van der Waals surface area (Å²) in [4.78, 5) is 22.2. The molecule has 0 saturated heterocycles. The number of pyridine rings is 1. The number of aromatic amines is 1. The molecule has 1 aromatic heterocycles. The lowest BCUT2D eigenvalue weighted by Gasteiger charge is -2.11. The molecule has 0 amide bonds. The molecule has 0 aliphatic rings. The van der Waals surface area contributed by atoms with Crippen molar-refractivity contribution in [3.8, 4) is 0 Å². The maximum atomic E-state index is 12.1. The molecule has 1 N–H and O–H groups in total. The second-order valence-electron chi connectivity index (χ2n) is 2.40. The van der Waals surface area contributed by atoms with Gasteiger partial charge in [0.25, 0.3) is 0 Å². The van der Waals surface area contributed by atoms with Crippen LogP contribution in [0.15, 0.2) is 16.9 Å². The minimum atomic E-state index is -4.92. The highest BCUT2D eigenvalue weighted by molar-refractivity contribution is 5.87. The normalized spacial score (nSPS) is 11.4. The van der Waals surface area contributed by atoms with Gasteiger partial charge in [0.05, 0.1) is 5.97 Å². The summed E-state index contributed by atoms with van der Waals surface area (Å²) in [5.74, 6) is -1.99. The number of carbonyl (C=O) groups is 1. The summed E-state index contributed by atoms with van der Waals surface area (Å²) in [5, 5.41) is 10.2. The molecule has 0 fully saturated rings. The van der Waals surface area contributed by atoms with Gasteiger partial charge in [-0.1, -0.05) is 0 Å². The van der Waals surface area contributed by atoms with E-state index in [-0.39, 0.29) is 0 Å². The van der Waals surface area contributed by atoms with Gasteiger partial charge in [-0.05, 0) is 6.07 Å². The van der Waals surface area contributed by atoms with Gasteiger partial charge in [0, 0.05) is 11.6 Å². The maximum Gasteiger partial charge on any atom is 0.431 e. The highest BCUT2D eigenvalue weighted by atomic mass is 19.4. The van der Waals surface area contributed by atoms with Crippen LogP contribution in [-0.2, 0) is 6.18 Å². The van der Waals surface area contributed by atoms with Gasteiger partial charge in [0.15, 0.2) is 0 Å². The van der Waals surface area contributed by atoms with Crippen LogP contribution in [0.25, 0.3) is 0 Å². The van der Waals surface area contributed by atoms with Crippen molar-refractivity contribution in [2.24, 2.45) is 0 Å². The molecule has 14 heavy (non-hydrogen) atoms. The molecule has 0 aliphatic carbocycles. The second kappa shape index (κ2) is 3.17. The molecular formula is C7H3F3NO3-. The quantitative estimate of drug-likeness (QED) is 0.688. The average Bonchev–Trinajstić information content (AvgIpc) is 2.01. The van der Waals surface area contributed by atoms with Crippen LogP contribution in [0.4, 0.5) is 13.2 Å². The van der Waals surface area contributed by atoms with E-state index in [1.54, 1.807) is 0 Å². The number of nitrogens with one attached hydrogen (secondary N) is 1. The molecular weight excluding hydrogens is 203 g/mol.